The largest absolute Gasteiger partial charge is 0.465 e. The van der Waals surface area contributed by atoms with Crippen molar-refractivity contribution in [2.45, 2.75) is 20.1 Å². The highest BCUT2D eigenvalue weighted by atomic mass is 16.5. The number of aliphatic hydroxyl groups excluding tert-OH is 1. The average Bonchev–Trinajstić information content (AvgIpc) is 2.52. The molecule has 0 aliphatic rings. The predicted octanol–water partition coefficient (Wildman–Crippen LogP) is 2.28. The number of esters is 1. The van der Waals surface area contributed by atoms with Crippen LogP contribution in [0.25, 0.3) is 0 Å². The number of anilines is 1. The molecule has 2 rings (SSSR count). The molecule has 0 unspecified atom stereocenters. The van der Waals surface area contributed by atoms with Crippen LogP contribution in [0.3, 0.4) is 0 Å². The maximum Gasteiger partial charge on any atom is 0.339 e. The minimum atomic E-state index is -0.387. The molecular formula is C16H18N2O3. The van der Waals surface area contributed by atoms with Gasteiger partial charge in [0, 0.05) is 6.54 Å². The Morgan fingerprint density at radius 3 is 2.71 bits per heavy atom. The third-order valence-electron chi connectivity index (χ3n) is 3.14. The summed E-state index contributed by atoms with van der Waals surface area (Å²) < 4.78 is 4.69. The van der Waals surface area contributed by atoms with Crippen molar-refractivity contribution in [3.8, 4) is 0 Å². The zero-order valence-corrected chi connectivity index (χ0v) is 12.1. The molecule has 5 nitrogen and oxygen atoms in total. The molecule has 0 aliphatic heterocycles. The predicted molar refractivity (Wildman–Crippen MR) is 80.0 cm³/mol. The van der Waals surface area contributed by atoms with Gasteiger partial charge in [-0.3, -0.25) is 0 Å². The minimum absolute atomic E-state index is 0.0268. The van der Waals surface area contributed by atoms with Crippen molar-refractivity contribution >= 4 is 11.8 Å². The Kier molecular flexibility index (Phi) is 4.90. The Morgan fingerprint density at radius 1 is 1.29 bits per heavy atom. The van der Waals surface area contributed by atoms with E-state index in [-0.39, 0.29) is 12.6 Å². The number of aliphatic hydroxyl groups is 1. The first-order valence-corrected chi connectivity index (χ1v) is 6.62. The summed E-state index contributed by atoms with van der Waals surface area (Å²) in [6.45, 7) is 2.39. The van der Waals surface area contributed by atoms with Gasteiger partial charge in [-0.25, -0.2) is 9.78 Å². The number of aryl methyl sites for hydroxylation is 1. The van der Waals surface area contributed by atoms with E-state index in [9.17, 15) is 4.79 Å². The van der Waals surface area contributed by atoms with Crippen LogP contribution in [-0.4, -0.2) is 23.2 Å². The molecular weight excluding hydrogens is 268 g/mol. The Hall–Kier alpha value is -2.40. The van der Waals surface area contributed by atoms with E-state index in [1.165, 1.54) is 7.11 Å². The number of methoxy groups -OCH3 is 1. The van der Waals surface area contributed by atoms with Gasteiger partial charge in [0.15, 0.2) is 0 Å². The number of pyridine rings is 1. The third kappa shape index (κ3) is 3.79. The molecule has 1 aromatic heterocycles. The van der Waals surface area contributed by atoms with E-state index < -0.39 is 0 Å². The number of nitrogens with zero attached hydrogens (tertiary/aromatic N) is 1. The molecule has 0 fully saturated rings. The van der Waals surface area contributed by atoms with Crippen LogP contribution in [0.4, 0.5) is 5.82 Å². The normalized spacial score (nSPS) is 10.2. The van der Waals surface area contributed by atoms with Gasteiger partial charge < -0.3 is 15.2 Å². The smallest absolute Gasteiger partial charge is 0.339 e. The second-order valence-corrected chi connectivity index (χ2v) is 4.65. The fourth-order valence-corrected chi connectivity index (χ4v) is 2.02. The van der Waals surface area contributed by atoms with Gasteiger partial charge >= 0.3 is 5.97 Å². The van der Waals surface area contributed by atoms with Gasteiger partial charge in [0.1, 0.15) is 5.82 Å². The summed E-state index contributed by atoms with van der Waals surface area (Å²) >= 11 is 0. The molecule has 0 spiro atoms. The lowest BCUT2D eigenvalue weighted by atomic mass is 10.1. The summed E-state index contributed by atoms with van der Waals surface area (Å²) in [4.78, 5) is 15.8. The molecule has 5 heteroatoms. The molecule has 0 atom stereocenters. The zero-order chi connectivity index (χ0) is 15.2. The summed E-state index contributed by atoms with van der Waals surface area (Å²) in [7, 11) is 1.35. The summed E-state index contributed by atoms with van der Waals surface area (Å²) in [6, 6.07) is 11.1. The molecule has 1 heterocycles. The summed E-state index contributed by atoms with van der Waals surface area (Å²) in [5.74, 6) is 0.303. The molecule has 0 aliphatic carbocycles. The molecule has 1 aromatic carbocycles. The van der Waals surface area contributed by atoms with Gasteiger partial charge in [0.25, 0.3) is 0 Å². The second kappa shape index (κ2) is 6.85. The van der Waals surface area contributed by atoms with Crippen molar-refractivity contribution < 1.29 is 14.6 Å². The molecule has 0 saturated carbocycles. The molecule has 21 heavy (non-hydrogen) atoms. The van der Waals surface area contributed by atoms with Crippen LogP contribution in [0.5, 0.6) is 0 Å². The number of rotatable bonds is 5. The molecule has 110 valence electrons. The minimum Gasteiger partial charge on any atom is -0.465 e. The summed E-state index contributed by atoms with van der Waals surface area (Å²) in [5.41, 5.74) is 3.01. The van der Waals surface area contributed by atoms with Crippen LogP contribution in [0.15, 0.2) is 36.4 Å². The van der Waals surface area contributed by atoms with Gasteiger partial charge in [0.05, 0.1) is 25.0 Å². The van der Waals surface area contributed by atoms with Crippen molar-refractivity contribution in [1.82, 2.24) is 4.98 Å². The maximum absolute atomic E-state index is 11.5. The van der Waals surface area contributed by atoms with Crippen LogP contribution >= 0.6 is 0 Å². The number of ether oxygens (including phenoxy) is 1. The molecule has 2 aromatic rings. The second-order valence-electron chi connectivity index (χ2n) is 4.65. The van der Waals surface area contributed by atoms with E-state index in [0.29, 0.717) is 23.6 Å². The van der Waals surface area contributed by atoms with E-state index in [2.05, 4.69) is 15.0 Å². The first-order chi connectivity index (χ1) is 10.1. The molecule has 2 N–H and O–H groups in total. The van der Waals surface area contributed by atoms with Gasteiger partial charge in [-0.1, -0.05) is 24.3 Å². The van der Waals surface area contributed by atoms with Crippen molar-refractivity contribution in [3.05, 3.63) is 58.8 Å². The number of aromatic nitrogens is 1. The number of carbonyl (C=O) groups is 1. The topological polar surface area (TPSA) is 71.5 Å². The van der Waals surface area contributed by atoms with Crippen LogP contribution in [0.2, 0.25) is 0 Å². The lowest BCUT2D eigenvalue weighted by molar-refractivity contribution is 0.0599. The van der Waals surface area contributed by atoms with Gasteiger partial charge in [-0.2, -0.15) is 0 Å². The van der Waals surface area contributed by atoms with Crippen LogP contribution in [0.1, 0.15) is 27.2 Å². The van der Waals surface area contributed by atoms with Crippen molar-refractivity contribution in [3.63, 3.8) is 0 Å². The number of benzene rings is 1. The Morgan fingerprint density at radius 2 is 2.05 bits per heavy atom. The monoisotopic (exact) mass is 286 g/mol. The van der Waals surface area contributed by atoms with E-state index in [1.54, 1.807) is 19.1 Å². The lowest BCUT2D eigenvalue weighted by Gasteiger charge is -2.09. The zero-order valence-electron chi connectivity index (χ0n) is 12.1. The average molecular weight is 286 g/mol. The molecule has 0 saturated heterocycles. The van der Waals surface area contributed by atoms with Crippen LogP contribution in [0, 0.1) is 6.92 Å². The maximum atomic E-state index is 11.5. The first kappa shape index (κ1) is 15.0. The quantitative estimate of drug-likeness (QED) is 0.825. The van der Waals surface area contributed by atoms with Crippen molar-refractivity contribution in [2.24, 2.45) is 0 Å². The van der Waals surface area contributed by atoms with Crippen molar-refractivity contribution in [1.29, 1.82) is 0 Å². The molecule has 0 radical (unpaired) electrons. The number of carbonyl (C=O) groups excluding carboxylic acids is 1. The Labute approximate surface area is 123 Å². The lowest BCUT2D eigenvalue weighted by Crippen LogP contribution is -2.08. The summed E-state index contributed by atoms with van der Waals surface area (Å²) in [6.07, 6.45) is 0. The number of hydrogen-bond acceptors (Lipinski definition) is 5. The highest BCUT2D eigenvalue weighted by Gasteiger charge is 2.10. The van der Waals surface area contributed by atoms with Crippen molar-refractivity contribution in [2.75, 3.05) is 12.4 Å². The SMILES string of the molecule is COC(=O)c1ccc(NCc2cccc(CO)c2)nc1C. The first-order valence-electron chi connectivity index (χ1n) is 6.62. The third-order valence-corrected chi connectivity index (χ3v) is 3.14. The van der Waals surface area contributed by atoms with Crippen LogP contribution < -0.4 is 5.32 Å². The van der Waals surface area contributed by atoms with Gasteiger partial charge in [-0.05, 0) is 30.2 Å². The fourth-order valence-electron chi connectivity index (χ4n) is 2.02. The standard InChI is InChI=1S/C16H18N2O3/c1-11-14(16(20)21-2)6-7-15(18-11)17-9-12-4-3-5-13(8-12)10-19/h3-8,19H,9-10H2,1-2H3,(H,17,18). The van der Waals surface area contributed by atoms with Crippen LogP contribution in [-0.2, 0) is 17.9 Å². The highest BCUT2D eigenvalue weighted by molar-refractivity contribution is 5.90. The number of hydrogen-bond donors (Lipinski definition) is 2. The Bertz CT molecular complexity index is 641. The summed E-state index contributed by atoms with van der Waals surface area (Å²) in [5, 5.41) is 12.3. The van der Waals surface area contributed by atoms with E-state index in [4.69, 9.17) is 5.11 Å². The fraction of sp³-hybridized carbons (Fsp3) is 0.250. The Balaban J connectivity index is 2.06. The van der Waals surface area contributed by atoms with Gasteiger partial charge in [-0.15, -0.1) is 0 Å². The van der Waals surface area contributed by atoms with E-state index in [1.807, 2.05) is 24.3 Å². The molecule has 0 amide bonds. The number of nitrogens with one attached hydrogen (secondary N) is 1. The van der Waals surface area contributed by atoms with E-state index >= 15 is 0 Å². The highest BCUT2D eigenvalue weighted by Crippen LogP contribution is 2.13. The van der Waals surface area contributed by atoms with E-state index in [0.717, 1.165) is 11.1 Å². The molecule has 0 bridgehead atoms. The van der Waals surface area contributed by atoms with Gasteiger partial charge in [0.2, 0.25) is 0 Å².